The summed E-state index contributed by atoms with van der Waals surface area (Å²) in [6.07, 6.45) is 2.04. The van der Waals surface area contributed by atoms with Crippen molar-refractivity contribution in [3.8, 4) is 5.75 Å². The van der Waals surface area contributed by atoms with Crippen molar-refractivity contribution in [2.24, 2.45) is 0 Å². The van der Waals surface area contributed by atoms with Gasteiger partial charge in [0.15, 0.2) is 11.6 Å². The molecule has 0 unspecified atom stereocenters. The van der Waals surface area contributed by atoms with Crippen molar-refractivity contribution in [1.82, 2.24) is 20.0 Å². The van der Waals surface area contributed by atoms with Gasteiger partial charge < -0.3 is 24.8 Å². The monoisotopic (exact) mass is 366 g/mol. The highest BCUT2D eigenvalue weighted by atomic mass is 19.1. The van der Waals surface area contributed by atoms with Crippen LogP contribution in [0.15, 0.2) is 18.2 Å². The minimum absolute atomic E-state index is 0.138. The van der Waals surface area contributed by atoms with Crippen LogP contribution in [-0.2, 0) is 6.54 Å². The Hall–Kier alpha value is -1.86. The molecule has 0 bridgehead atoms. The normalized spacial score (nSPS) is 15.7. The van der Waals surface area contributed by atoms with Crippen molar-refractivity contribution in [3.63, 3.8) is 0 Å². The fraction of sp³-hybridized carbons (Fsp3) is 0.632. The summed E-state index contributed by atoms with van der Waals surface area (Å²) >= 11 is 0. The molecule has 0 spiro atoms. The average Bonchev–Trinajstić information content (AvgIpc) is 2.63. The Morgan fingerprint density at radius 3 is 2.65 bits per heavy atom. The predicted octanol–water partition coefficient (Wildman–Crippen LogP) is 2.00. The molecule has 1 aliphatic rings. The van der Waals surface area contributed by atoms with Crippen LogP contribution in [0.25, 0.3) is 0 Å². The number of ether oxygens (including phenoxy) is 1. The second-order valence-electron chi connectivity index (χ2n) is 6.91. The van der Waals surface area contributed by atoms with Gasteiger partial charge in [-0.2, -0.15) is 0 Å². The summed E-state index contributed by atoms with van der Waals surface area (Å²) in [5, 5.41) is 2.93. The van der Waals surface area contributed by atoms with Crippen molar-refractivity contribution in [2.45, 2.75) is 19.4 Å². The van der Waals surface area contributed by atoms with Gasteiger partial charge in [-0.1, -0.05) is 6.07 Å². The van der Waals surface area contributed by atoms with Crippen molar-refractivity contribution >= 4 is 6.03 Å². The first kappa shape index (κ1) is 20.5. The molecule has 7 heteroatoms. The summed E-state index contributed by atoms with van der Waals surface area (Å²) < 4.78 is 18.6. The van der Waals surface area contributed by atoms with Crippen molar-refractivity contribution in [2.75, 3.05) is 60.5 Å². The first-order valence-electron chi connectivity index (χ1n) is 9.22. The number of methoxy groups -OCH3 is 1. The topological polar surface area (TPSA) is 48.1 Å². The SMILES string of the molecule is COc1ccc(CN(C)C(=O)NCCCCN2CCN(C)CC2)cc1F. The summed E-state index contributed by atoms with van der Waals surface area (Å²) in [6, 6.07) is 4.61. The Bertz CT molecular complexity index is 577. The molecule has 1 heterocycles. The number of carbonyl (C=O) groups excluding carboxylic acids is 1. The van der Waals surface area contributed by atoms with Gasteiger partial charge in [-0.3, -0.25) is 0 Å². The van der Waals surface area contributed by atoms with Crippen LogP contribution in [0.3, 0.4) is 0 Å². The molecule has 6 nitrogen and oxygen atoms in total. The number of unbranched alkanes of at least 4 members (excludes halogenated alkanes) is 1. The Balaban J connectivity index is 1.62. The third-order valence-electron chi connectivity index (χ3n) is 4.76. The number of hydrogen-bond donors (Lipinski definition) is 1. The number of nitrogens with zero attached hydrogens (tertiary/aromatic N) is 3. The van der Waals surface area contributed by atoms with E-state index in [1.54, 1.807) is 24.1 Å². The number of piperazine rings is 1. The smallest absolute Gasteiger partial charge is 0.317 e. The lowest BCUT2D eigenvalue weighted by Gasteiger charge is -2.32. The molecule has 2 rings (SSSR count). The minimum atomic E-state index is -0.414. The summed E-state index contributed by atoms with van der Waals surface area (Å²) in [6.45, 7) is 6.63. The zero-order valence-corrected chi connectivity index (χ0v) is 16.1. The Labute approximate surface area is 155 Å². The molecule has 1 aromatic rings. The van der Waals surface area contributed by atoms with E-state index in [1.165, 1.54) is 13.2 Å². The van der Waals surface area contributed by atoms with Gasteiger partial charge in [0, 0.05) is 46.3 Å². The lowest BCUT2D eigenvalue weighted by atomic mass is 10.2. The van der Waals surface area contributed by atoms with E-state index in [9.17, 15) is 9.18 Å². The molecule has 2 amide bonds. The van der Waals surface area contributed by atoms with Gasteiger partial charge in [-0.15, -0.1) is 0 Å². The van der Waals surface area contributed by atoms with E-state index in [1.807, 2.05) is 0 Å². The van der Waals surface area contributed by atoms with Crippen molar-refractivity contribution in [1.29, 1.82) is 0 Å². The molecule has 1 saturated heterocycles. The molecular formula is C19H31FN4O2. The summed E-state index contributed by atoms with van der Waals surface area (Å²) in [7, 11) is 5.30. The van der Waals surface area contributed by atoms with Gasteiger partial charge in [0.25, 0.3) is 0 Å². The molecule has 1 fully saturated rings. The van der Waals surface area contributed by atoms with E-state index in [-0.39, 0.29) is 11.8 Å². The highest BCUT2D eigenvalue weighted by molar-refractivity contribution is 5.73. The van der Waals surface area contributed by atoms with E-state index >= 15 is 0 Å². The predicted molar refractivity (Wildman–Crippen MR) is 101 cm³/mol. The van der Waals surface area contributed by atoms with Crippen LogP contribution in [0.4, 0.5) is 9.18 Å². The molecule has 0 saturated carbocycles. The molecular weight excluding hydrogens is 335 g/mol. The number of likely N-dealkylation sites (N-methyl/N-ethyl adjacent to an activating group) is 1. The third-order valence-corrected chi connectivity index (χ3v) is 4.76. The fourth-order valence-electron chi connectivity index (χ4n) is 3.02. The lowest BCUT2D eigenvalue weighted by Crippen LogP contribution is -2.44. The first-order chi connectivity index (χ1) is 12.5. The molecule has 0 aliphatic carbocycles. The number of amides is 2. The van der Waals surface area contributed by atoms with Crippen LogP contribution < -0.4 is 10.1 Å². The number of carbonyl (C=O) groups is 1. The zero-order chi connectivity index (χ0) is 18.9. The minimum Gasteiger partial charge on any atom is -0.494 e. The van der Waals surface area contributed by atoms with Crippen molar-refractivity contribution < 1.29 is 13.9 Å². The van der Waals surface area contributed by atoms with Gasteiger partial charge in [-0.25, -0.2) is 9.18 Å². The summed E-state index contributed by atoms with van der Waals surface area (Å²) in [5.74, 6) is -0.205. The van der Waals surface area contributed by atoms with Gasteiger partial charge >= 0.3 is 6.03 Å². The van der Waals surface area contributed by atoms with E-state index in [0.29, 0.717) is 13.1 Å². The van der Waals surface area contributed by atoms with Gasteiger partial charge in [-0.05, 0) is 44.1 Å². The third kappa shape index (κ3) is 6.46. The molecule has 1 aromatic carbocycles. The molecule has 0 atom stereocenters. The number of hydrogen-bond acceptors (Lipinski definition) is 4. The molecule has 1 aliphatic heterocycles. The summed E-state index contributed by atoms with van der Waals surface area (Å²) in [4.78, 5) is 18.5. The van der Waals surface area contributed by atoms with E-state index in [0.717, 1.165) is 51.1 Å². The maximum absolute atomic E-state index is 13.7. The molecule has 0 radical (unpaired) electrons. The highest BCUT2D eigenvalue weighted by Crippen LogP contribution is 2.18. The van der Waals surface area contributed by atoms with E-state index in [2.05, 4.69) is 22.2 Å². The van der Waals surface area contributed by atoms with Crippen LogP contribution in [0.5, 0.6) is 5.75 Å². The van der Waals surface area contributed by atoms with E-state index in [4.69, 9.17) is 4.74 Å². The number of urea groups is 1. The van der Waals surface area contributed by atoms with Gasteiger partial charge in [0.1, 0.15) is 0 Å². The Kier molecular flexibility index (Phi) is 8.12. The number of benzene rings is 1. The highest BCUT2D eigenvalue weighted by Gasteiger charge is 2.13. The largest absolute Gasteiger partial charge is 0.494 e. The first-order valence-corrected chi connectivity index (χ1v) is 9.22. The summed E-state index contributed by atoms with van der Waals surface area (Å²) in [5.41, 5.74) is 0.732. The average molecular weight is 366 g/mol. The Morgan fingerprint density at radius 1 is 1.27 bits per heavy atom. The van der Waals surface area contributed by atoms with Crippen LogP contribution in [0, 0.1) is 5.82 Å². The number of halogens is 1. The lowest BCUT2D eigenvalue weighted by molar-refractivity contribution is 0.152. The molecule has 0 aromatic heterocycles. The van der Waals surface area contributed by atoms with Crippen LogP contribution in [0.1, 0.15) is 18.4 Å². The fourth-order valence-corrected chi connectivity index (χ4v) is 3.02. The Morgan fingerprint density at radius 2 is 2.00 bits per heavy atom. The second kappa shape index (κ2) is 10.3. The number of rotatable bonds is 8. The van der Waals surface area contributed by atoms with Gasteiger partial charge in [0.05, 0.1) is 7.11 Å². The van der Waals surface area contributed by atoms with Crippen LogP contribution in [-0.4, -0.2) is 81.2 Å². The van der Waals surface area contributed by atoms with E-state index < -0.39 is 5.82 Å². The maximum atomic E-state index is 13.7. The zero-order valence-electron chi connectivity index (χ0n) is 16.1. The quantitative estimate of drug-likeness (QED) is 0.715. The maximum Gasteiger partial charge on any atom is 0.317 e. The van der Waals surface area contributed by atoms with Crippen molar-refractivity contribution in [3.05, 3.63) is 29.6 Å². The molecule has 146 valence electrons. The molecule has 26 heavy (non-hydrogen) atoms. The van der Waals surface area contributed by atoms with Crippen LogP contribution in [0.2, 0.25) is 0 Å². The second-order valence-corrected chi connectivity index (χ2v) is 6.91. The van der Waals surface area contributed by atoms with Gasteiger partial charge in [0.2, 0.25) is 0 Å². The van der Waals surface area contributed by atoms with Crippen LogP contribution >= 0.6 is 0 Å². The number of nitrogens with one attached hydrogen (secondary N) is 1. The molecule has 1 N–H and O–H groups in total. The standard InChI is InChI=1S/C19H31FN4O2/c1-22-10-12-24(13-11-22)9-5-4-8-21-19(25)23(2)15-16-6-7-18(26-3)17(20)14-16/h6-7,14H,4-5,8-13,15H2,1-3H3,(H,21,25).